The highest BCUT2D eigenvalue weighted by Crippen LogP contribution is 2.75. The van der Waals surface area contributed by atoms with E-state index in [0.717, 1.165) is 37.7 Å². The van der Waals surface area contributed by atoms with Crippen LogP contribution in [0.1, 0.15) is 106 Å². The highest BCUT2D eigenvalue weighted by atomic mass is 16.8. The van der Waals surface area contributed by atoms with Crippen molar-refractivity contribution in [3.05, 3.63) is 11.6 Å². The van der Waals surface area contributed by atoms with Crippen LogP contribution < -0.4 is 0 Å². The van der Waals surface area contributed by atoms with Crippen molar-refractivity contribution in [3.63, 3.8) is 0 Å². The van der Waals surface area contributed by atoms with Gasteiger partial charge in [-0.3, -0.25) is 9.59 Å². The molecule has 0 bridgehead atoms. The van der Waals surface area contributed by atoms with E-state index in [-0.39, 0.29) is 34.4 Å². The third-order valence-electron chi connectivity index (χ3n) is 19.0. The molecule has 0 spiro atoms. The molecule has 0 radical (unpaired) electrons. The predicted molar refractivity (Wildman–Crippen MR) is 225 cm³/mol. The van der Waals surface area contributed by atoms with Gasteiger partial charge in [-0.15, -0.1) is 0 Å². The van der Waals surface area contributed by atoms with E-state index < -0.39 is 140 Å². The number of carbonyl (C=O) groups is 2. The molecule has 18 heteroatoms. The van der Waals surface area contributed by atoms with Gasteiger partial charge in [0.1, 0.15) is 67.1 Å². The average Bonchev–Trinajstić information content (AvgIpc) is 3.25. The molecule has 4 saturated carbocycles. The maximum Gasteiger partial charge on any atom is 0.309 e. The van der Waals surface area contributed by atoms with Gasteiger partial charge in [-0.1, -0.05) is 47.1 Å². The lowest BCUT2D eigenvalue weighted by Gasteiger charge is -2.70. The second-order valence-electron chi connectivity index (χ2n) is 22.9. The lowest BCUT2D eigenvalue weighted by atomic mass is 9.33. The van der Waals surface area contributed by atoms with E-state index in [0.29, 0.717) is 25.7 Å². The lowest BCUT2D eigenvalue weighted by molar-refractivity contribution is -0.396. The molecule has 18 nitrogen and oxygen atoms in total. The van der Waals surface area contributed by atoms with Gasteiger partial charge in [0.15, 0.2) is 24.7 Å². The molecule has 0 unspecified atom stereocenters. The van der Waals surface area contributed by atoms with Crippen LogP contribution in [0.4, 0.5) is 0 Å². The number of rotatable bonds is 9. The summed E-state index contributed by atoms with van der Waals surface area (Å²) >= 11 is 0. The monoisotopic (exact) mass is 926 g/mol. The second-order valence-corrected chi connectivity index (χ2v) is 22.9. The Kier molecular flexibility index (Phi) is 13.2. The normalized spacial score (nSPS) is 54.3. The minimum atomic E-state index is -1.89. The molecule has 0 amide bonds. The Hall–Kier alpha value is -1.72. The maximum atomic E-state index is 15.0. The van der Waals surface area contributed by atoms with Gasteiger partial charge in [-0.25, -0.2) is 0 Å². The number of carbonyl (C=O) groups excluding carboxylic acids is 1. The number of aliphatic hydroxyl groups excluding tert-OH is 9. The summed E-state index contributed by atoms with van der Waals surface area (Å²) in [5.41, 5.74) is -1.72. The fourth-order valence-corrected chi connectivity index (χ4v) is 14.6. The molecule has 10 N–H and O–H groups in total. The summed E-state index contributed by atoms with van der Waals surface area (Å²) in [5.74, 6) is -1.12. The first-order chi connectivity index (χ1) is 30.3. The highest BCUT2D eigenvalue weighted by molar-refractivity contribution is 5.95. The van der Waals surface area contributed by atoms with Crippen LogP contribution in [0.2, 0.25) is 0 Å². The van der Waals surface area contributed by atoms with E-state index in [9.17, 15) is 55.9 Å². The molecule has 23 atom stereocenters. The number of ketones is 1. The third-order valence-corrected chi connectivity index (χ3v) is 19.0. The van der Waals surface area contributed by atoms with Crippen LogP contribution in [0.3, 0.4) is 0 Å². The molecular weight excluding hydrogens is 852 g/mol. The van der Waals surface area contributed by atoms with Gasteiger partial charge in [-0.05, 0) is 110 Å². The Balaban J connectivity index is 1.10. The summed E-state index contributed by atoms with van der Waals surface area (Å²) in [6.07, 6.45) is -15.3. The van der Waals surface area contributed by atoms with E-state index >= 15 is 4.79 Å². The van der Waals surface area contributed by atoms with Crippen LogP contribution in [0.15, 0.2) is 11.6 Å². The Morgan fingerprint density at radius 2 is 1.31 bits per heavy atom. The van der Waals surface area contributed by atoms with E-state index in [1.54, 1.807) is 0 Å². The molecule has 5 aliphatic carbocycles. The van der Waals surface area contributed by atoms with Crippen molar-refractivity contribution in [1.29, 1.82) is 0 Å². The quantitative estimate of drug-likeness (QED) is 0.141. The van der Waals surface area contributed by atoms with Gasteiger partial charge in [0, 0.05) is 5.92 Å². The van der Waals surface area contributed by atoms with E-state index in [2.05, 4.69) is 41.5 Å². The van der Waals surface area contributed by atoms with E-state index in [1.807, 2.05) is 13.0 Å². The molecule has 3 aliphatic heterocycles. The smallest absolute Gasteiger partial charge is 0.309 e. The Morgan fingerprint density at radius 1 is 0.692 bits per heavy atom. The van der Waals surface area contributed by atoms with E-state index in [1.165, 1.54) is 0 Å². The van der Waals surface area contributed by atoms with Crippen LogP contribution in [0.25, 0.3) is 0 Å². The Morgan fingerprint density at radius 3 is 1.97 bits per heavy atom. The summed E-state index contributed by atoms with van der Waals surface area (Å²) in [7, 11) is 0. The topological polar surface area (TPSA) is 292 Å². The summed E-state index contributed by atoms with van der Waals surface area (Å²) in [6, 6.07) is 0. The molecule has 3 saturated heterocycles. The second kappa shape index (κ2) is 17.3. The van der Waals surface area contributed by atoms with Gasteiger partial charge >= 0.3 is 5.97 Å². The standard InChI is InChI=1S/C47H74O18/c1-42(2)27-8-11-47(7)37(23(50)16-21-22-17-44(4,41(58)59)13-12-43(22,3)14-15-46(21,47)6)45(27,5)10-9-28(42)63-40-36(65-39-34(57)32(55)30(53)25(18-48)61-39)35(31(54)26(19-49)62-40)64-38-33(56)29(52)24(51)20-60-38/h16,22,24-40,48-49,51-57H,8-15,17-20H2,1-7H3,(H,58,59)/t22-,24+,25+,26+,27-,28-,29-,30-,31+,32-,33+,34+,35-,36+,37+,38-,39-,40-,43+,44-,45-,46+,47+/m0/s1. The van der Waals surface area contributed by atoms with Gasteiger partial charge in [0.2, 0.25) is 0 Å². The molecule has 65 heavy (non-hydrogen) atoms. The summed E-state index contributed by atoms with van der Waals surface area (Å²) in [6.45, 7) is 13.2. The van der Waals surface area contributed by atoms with Crippen LogP contribution in [-0.4, -0.2) is 175 Å². The number of aliphatic hydroxyl groups is 9. The molecular formula is C47H74O18. The SMILES string of the molecule is CC1(C)[C@@H](O[C@@H]2O[C@H](CO)[C@@H](O)[C@H](O[C@@H]3OC[C@@H](O)[C@H](O)[C@H]3O)[C@H]2O[C@@H]2O[C@H](CO)[C@H](O)[C@H](O)[C@H]2O)CC[C@]2(C)[C@H]3C(=O)C=C4[C@@H]5C[C@@](C)(C(=O)O)CC[C@]5(C)CC[C@@]4(C)[C@]3(C)CC[C@@H]12. The van der Waals surface area contributed by atoms with Gasteiger partial charge in [0.25, 0.3) is 0 Å². The number of allylic oxidation sites excluding steroid dienone is 2. The molecule has 0 aromatic heterocycles. The fourth-order valence-electron chi connectivity index (χ4n) is 14.6. The third kappa shape index (κ3) is 7.71. The van der Waals surface area contributed by atoms with Crippen molar-refractivity contribution in [2.45, 2.75) is 198 Å². The molecule has 3 heterocycles. The number of aliphatic carboxylic acids is 1. The first kappa shape index (κ1) is 49.7. The zero-order valence-electron chi connectivity index (χ0n) is 38.7. The maximum absolute atomic E-state index is 15.0. The highest BCUT2D eigenvalue weighted by Gasteiger charge is 2.71. The number of fused-ring (bicyclic) bond motifs is 7. The molecule has 370 valence electrons. The van der Waals surface area contributed by atoms with Crippen LogP contribution in [0.5, 0.6) is 0 Å². The zero-order chi connectivity index (χ0) is 47.6. The average molecular weight is 927 g/mol. The van der Waals surface area contributed by atoms with Crippen molar-refractivity contribution in [2.75, 3.05) is 19.8 Å². The largest absolute Gasteiger partial charge is 0.481 e. The summed E-state index contributed by atoms with van der Waals surface area (Å²) in [5, 5.41) is 106. The number of ether oxygens (including phenoxy) is 6. The first-order valence-electron chi connectivity index (χ1n) is 23.7. The van der Waals surface area contributed by atoms with Crippen molar-refractivity contribution in [3.8, 4) is 0 Å². The lowest BCUT2D eigenvalue weighted by Crippen LogP contribution is -2.68. The Labute approximate surface area is 380 Å². The number of hydrogen-bond donors (Lipinski definition) is 10. The first-order valence-corrected chi connectivity index (χ1v) is 23.7. The molecule has 0 aromatic carbocycles. The van der Waals surface area contributed by atoms with Crippen molar-refractivity contribution in [1.82, 2.24) is 0 Å². The number of hydrogen-bond acceptors (Lipinski definition) is 17. The van der Waals surface area contributed by atoms with Gasteiger partial charge < -0.3 is 79.5 Å². The van der Waals surface area contributed by atoms with Crippen molar-refractivity contribution < 1.29 is 89.1 Å². The molecule has 8 rings (SSSR count). The number of carboxylic acid groups (broad SMARTS) is 1. The van der Waals surface area contributed by atoms with Crippen LogP contribution in [0, 0.1) is 50.2 Å². The van der Waals surface area contributed by atoms with Gasteiger partial charge in [-0.2, -0.15) is 0 Å². The molecule has 7 fully saturated rings. The van der Waals surface area contributed by atoms with Crippen LogP contribution in [-0.2, 0) is 38.0 Å². The van der Waals surface area contributed by atoms with Crippen molar-refractivity contribution >= 4 is 11.8 Å². The zero-order valence-corrected chi connectivity index (χ0v) is 38.7. The minimum Gasteiger partial charge on any atom is -0.481 e. The molecule has 0 aromatic rings. The predicted octanol–water partition coefficient (Wildman–Crippen LogP) is 0.524. The summed E-state index contributed by atoms with van der Waals surface area (Å²) in [4.78, 5) is 27.6. The van der Waals surface area contributed by atoms with E-state index in [4.69, 9.17) is 28.4 Å². The van der Waals surface area contributed by atoms with Gasteiger partial charge in [0.05, 0.1) is 31.3 Å². The molecule has 8 aliphatic rings. The van der Waals surface area contributed by atoms with Crippen molar-refractivity contribution in [2.24, 2.45) is 50.2 Å². The minimum absolute atomic E-state index is 0.0174. The van der Waals surface area contributed by atoms with Crippen LogP contribution >= 0.6 is 0 Å². The number of carboxylic acids is 1. The Bertz CT molecular complexity index is 1830. The fraction of sp³-hybridized carbons (Fsp3) is 0.915. The summed E-state index contributed by atoms with van der Waals surface area (Å²) < 4.78 is 36.8.